The van der Waals surface area contributed by atoms with Crippen molar-refractivity contribution in [3.63, 3.8) is 0 Å². The number of nitrogens with one attached hydrogen (secondary N) is 1. The Morgan fingerprint density at radius 1 is 1.36 bits per heavy atom. The number of nitrogen functional groups attached to an aromatic ring is 1. The van der Waals surface area contributed by atoms with Gasteiger partial charge in [0, 0.05) is 43.6 Å². The zero-order chi connectivity index (χ0) is 19.5. The van der Waals surface area contributed by atoms with E-state index in [0.29, 0.717) is 13.2 Å². The summed E-state index contributed by atoms with van der Waals surface area (Å²) >= 11 is 1.52. The Morgan fingerprint density at radius 3 is 3.07 bits per heavy atom. The Hall–Kier alpha value is -2.58. The smallest absolute Gasteiger partial charge is 0.140 e. The Labute approximate surface area is 168 Å². The number of fused-ring (bicyclic) bond motifs is 1. The van der Waals surface area contributed by atoms with Crippen molar-refractivity contribution in [1.82, 2.24) is 9.97 Å². The molecule has 0 amide bonds. The third-order valence-electron chi connectivity index (χ3n) is 5.02. The summed E-state index contributed by atoms with van der Waals surface area (Å²) in [4.78, 5) is 11.2. The number of rotatable bonds is 6. The summed E-state index contributed by atoms with van der Waals surface area (Å²) in [5.41, 5.74) is 16.5. The second-order valence-electron chi connectivity index (χ2n) is 6.96. The summed E-state index contributed by atoms with van der Waals surface area (Å²) < 4.78 is 6.72. The third-order valence-corrected chi connectivity index (χ3v) is 6.08. The number of hydrogen-bond acceptors (Lipinski definition) is 8. The van der Waals surface area contributed by atoms with E-state index < -0.39 is 0 Å². The van der Waals surface area contributed by atoms with Crippen LogP contribution in [0.5, 0.6) is 5.75 Å². The molecule has 0 bridgehead atoms. The summed E-state index contributed by atoms with van der Waals surface area (Å²) in [6, 6.07) is 4.14. The molecule has 5 N–H and O–H groups in total. The predicted molar refractivity (Wildman–Crippen MR) is 116 cm³/mol. The van der Waals surface area contributed by atoms with Crippen LogP contribution in [0, 0.1) is 0 Å². The van der Waals surface area contributed by atoms with Gasteiger partial charge in [-0.05, 0) is 31.9 Å². The summed E-state index contributed by atoms with van der Waals surface area (Å²) in [7, 11) is 0. The molecular formula is C20H26N6OS. The molecule has 4 heterocycles. The molecule has 1 saturated heterocycles. The van der Waals surface area contributed by atoms with Gasteiger partial charge in [-0.1, -0.05) is 0 Å². The van der Waals surface area contributed by atoms with Crippen LogP contribution in [-0.2, 0) is 6.54 Å². The van der Waals surface area contributed by atoms with Crippen LogP contribution in [0.4, 0.5) is 16.4 Å². The molecule has 0 aliphatic carbocycles. The maximum absolute atomic E-state index is 6.32. The molecule has 1 atom stereocenters. The van der Waals surface area contributed by atoms with Gasteiger partial charge in [0.2, 0.25) is 0 Å². The van der Waals surface area contributed by atoms with Crippen molar-refractivity contribution in [2.24, 2.45) is 5.73 Å². The first-order valence-corrected chi connectivity index (χ1v) is 10.5. The van der Waals surface area contributed by atoms with E-state index in [1.165, 1.54) is 11.3 Å². The molecule has 28 heavy (non-hydrogen) atoms. The van der Waals surface area contributed by atoms with Gasteiger partial charge in [0.05, 0.1) is 39.4 Å². The van der Waals surface area contributed by atoms with Gasteiger partial charge in [-0.3, -0.25) is 9.97 Å². The average Bonchev–Trinajstić information content (AvgIpc) is 3.03. The van der Waals surface area contributed by atoms with Crippen LogP contribution in [0.15, 0.2) is 30.7 Å². The van der Waals surface area contributed by atoms with Crippen LogP contribution >= 0.6 is 11.3 Å². The number of piperidine rings is 1. The van der Waals surface area contributed by atoms with Crippen LogP contribution in [0.25, 0.3) is 10.2 Å². The number of thiophene rings is 1. The predicted octanol–water partition coefficient (Wildman–Crippen LogP) is 3.21. The van der Waals surface area contributed by atoms with Crippen LogP contribution < -0.4 is 26.4 Å². The lowest BCUT2D eigenvalue weighted by atomic mass is 10.1. The number of anilines is 3. The van der Waals surface area contributed by atoms with Gasteiger partial charge < -0.3 is 26.4 Å². The number of ether oxygens (including phenoxy) is 1. The van der Waals surface area contributed by atoms with Crippen LogP contribution in [-0.4, -0.2) is 35.7 Å². The summed E-state index contributed by atoms with van der Waals surface area (Å²) in [5, 5.41) is 4.27. The first kappa shape index (κ1) is 18.8. The lowest BCUT2D eigenvalue weighted by molar-refractivity contribution is 0.344. The standard InChI is InChI=1S/C20H26N6OS/c1-2-27-17-6-8-24-18-14(20(22)28-19(17)18)10-25-15-11-23-7-5-16(15)26-9-3-4-13(21)12-26/h5-8,11,13,25H,2-4,9-10,12,21-22H2,1H3. The van der Waals surface area contributed by atoms with Gasteiger partial charge >= 0.3 is 0 Å². The van der Waals surface area contributed by atoms with Crippen molar-refractivity contribution in [2.45, 2.75) is 32.4 Å². The molecule has 7 nitrogen and oxygen atoms in total. The minimum Gasteiger partial charge on any atom is -0.492 e. The Balaban J connectivity index is 1.59. The molecule has 3 aromatic heterocycles. The molecule has 1 fully saturated rings. The lowest BCUT2D eigenvalue weighted by Crippen LogP contribution is -2.43. The van der Waals surface area contributed by atoms with E-state index in [1.807, 2.05) is 31.5 Å². The first-order valence-electron chi connectivity index (χ1n) is 9.64. The van der Waals surface area contributed by atoms with Gasteiger partial charge in [0.25, 0.3) is 0 Å². The molecule has 0 aromatic carbocycles. The maximum atomic E-state index is 6.32. The van der Waals surface area contributed by atoms with Crippen LogP contribution in [0.1, 0.15) is 25.3 Å². The van der Waals surface area contributed by atoms with Crippen molar-refractivity contribution in [2.75, 3.05) is 35.6 Å². The molecule has 8 heteroatoms. The van der Waals surface area contributed by atoms with Gasteiger partial charge in [0.15, 0.2) is 0 Å². The van der Waals surface area contributed by atoms with Gasteiger partial charge in [-0.25, -0.2) is 0 Å². The van der Waals surface area contributed by atoms with Crippen molar-refractivity contribution in [1.29, 1.82) is 0 Å². The topological polar surface area (TPSA) is 102 Å². The largest absolute Gasteiger partial charge is 0.492 e. The molecule has 1 unspecified atom stereocenters. The van der Waals surface area contributed by atoms with E-state index >= 15 is 0 Å². The second kappa shape index (κ2) is 8.20. The maximum Gasteiger partial charge on any atom is 0.140 e. The molecular weight excluding hydrogens is 372 g/mol. The summed E-state index contributed by atoms with van der Waals surface area (Å²) in [5.74, 6) is 0.833. The zero-order valence-electron chi connectivity index (χ0n) is 16.0. The zero-order valence-corrected chi connectivity index (χ0v) is 16.8. The highest BCUT2D eigenvalue weighted by Gasteiger charge is 2.20. The molecule has 148 valence electrons. The number of hydrogen-bond donors (Lipinski definition) is 3. The summed E-state index contributed by atoms with van der Waals surface area (Å²) in [6.07, 6.45) is 7.64. The highest BCUT2D eigenvalue weighted by atomic mass is 32.1. The number of nitrogens with zero attached hydrogens (tertiary/aromatic N) is 3. The fourth-order valence-corrected chi connectivity index (χ4v) is 4.70. The van der Waals surface area contributed by atoms with Crippen molar-refractivity contribution < 1.29 is 4.74 Å². The van der Waals surface area contributed by atoms with Crippen molar-refractivity contribution in [3.05, 3.63) is 36.3 Å². The van der Waals surface area contributed by atoms with Gasteiger partial charge in [0.1, 0.15) is 5.75 Å². The monoisotopic (exact) mass is 398 g/mol. The number of aromatic nitrogens is 2. The third kappa shape index (κ3) is 3.70. The second-order valence-corrected chi connectivity index (χ2v) is 8.01. The Kier molecular flexibility index (Phi) is 5.50. The van der Waals surface area contributed by atoms with E-state index in [1.54, 1.807) is 6.20 Å². The average molecular weight is 399 g/mol. The normalized spacial score (nSPS) is 17.1. The number of pyridine rings is 2. The SMILES string of the molecule is CCOc1ccnc2c(CNc3cnccc3N3CCCC(N)C3)c(N)sc12. The summed E-state index contributed by atoms with van der Waals surface area (Å²) in [6.45, 7) is 5.04. The highest BCUT2D eigenvalue weighted by Crippen LogP contribution is 2.38. The number of nitrogens with two attached hydrogens (primary N) is 2. The van der Waals surface area contributed by atoms with Gasteiger partial charge in [-0.2, -0.15) is 0 Å². The lowest BCUT2D eigenvalue weighted by Gasteiger charge is -2.33. The van der Waals surface area contributed by atoms with Crippen molar-refractivity contribution >= 4 is 37.9 Å². The molecule has 0 saturated carbocycles. The van der Waals surface area contributed by atoms with E-state index in [2.05, 4.69) is 20.2 Å². The van der Waals surface area contributed by atoms with E-state index in [0.717, 1.165) is 63.8 Å². The van der Waals surface area contributed by atoms with Crippen molar-refractivity contribution in [3.8, 4) is 5.75 Å². The first-order chi connectivity index (χ1) is 13.7. The molecule has 1 aliphatic heterocycles. The molecule has 1 aliphatic rings. The highest BCUT2D eigenvalue weighted by molar-refractivity contribution is 7.23. The Morgan fingerprint density at radius 2 is 2.25 bits per heavy atom. The minimum atomic E-state index is 0.215. The molecule has 0 spiro atoms. The van der Waals surface area contributed by atoms with Crippen LogP contribution in [0.3, 0.4) is 0 Å². The molecule has 0 radical (unpaired) electrons. The minimum absolute atomic E-state index is 0.215. The van der Waals surface area contributed by atoms with Crippen LogP contribution in [0.2, 0.25) is 0 Å². The fourth-order valence-electron chi connectivity index (χ4n) is 3.68. The fraction of sp³-hybridized carbons (Fsp3) is 0.400. The molecule has 4 rings (SSSR count). The molecule has 3 aromatic rings. The van der Waals surface area contributed by atoms with E-state index in [4.69, 9.17) is 16.2 Å². The van der Waals surface area contributed by atoms with E-state index in [-0.39, 0.29) is 6.04 Å². The quantitative estimate of drug-likeness (QED) is 0.586. The Bertz CT molecular complexity index is 959. The van der Waals surface area contributed by atoms with E-state index in [9.17, 15) is 0 Å². The van der Waals surface area contributed by atoms with Gasteiger partial charge in [-0.15, -0.1) is 11.3 Å².